The third-order valence-electron chi connectivity index (χ3n) is 0. The molecule has 0 heterocycles. The van der Waals surface area contributed by atoms with Crippen molar-refractivity contribution in [2.75, 3.05) is 19.8 Å². The number of aliphatic hydroxyl groups excluding tert-OH is 3. The number of hydrogen-bond acceptors (Lipinski definition) is 3. The van der Waals surface area contributed by atoms with Crippen LogP contribution in [0.3, 0.4) is 0 Å². The fraction of sp³-hybridized carbons (Fsp3) is 0.889. The van der Waals surface area contributed by atoms with Gasteiger partial charge in [0.25, 0.3) is 0 Å². The van der Waals surface area contributed by atoms with E-state index in [0.29, 0.717) is 0 Å². The Kier molecular flexibility index (Phi) is 180. The molecule has 0 bridgehead atoms. The first kappa shape index (κ1) is 29.2. The van der Waals surface area contributed by atoms with Gasteiger partial charge >= 0.3 is 0 Å². The van der Waals surface area contributed by atoms with Crippen molar-refractivity contribution in [1.82, 2.24) is 0 Å². The largest absolute Gasteiger partial charge is 0.397 e. The Bertz CT molecular complexity index is 22.8. The van der Waals surface area contributed by atoms with Gasteiger partial charge in [-0.15, -0.1) is 0 Å². The molecule has 4 heteroatoms. The molecular formula is C9H25O3Ti-. The van der Waals surface area contributed by atoms with Gasteiger partial charge in [-0.1, -0.05) is 0 Å². The Hall–Kier alpha value is 0.594. The third-order valence-corrected chi connectivity index (χ3v) is 0. The molecule has 0 rings (SSSR count). The van der Waals surface area contributed by atoms with E-state index in [-0.39, 0.29) is 41.5 Å². The Morgan fingerprint density at radius 2 is 0.769 bits per heavy atom. The van der Waals surface area contributed by atoms with Crippen molar-refractivity contribution < 1.29 is 37.0 Å². The first-order chi connectivity index (χ1) is 5.66. The third kappa shape index (κ3) is 4000. The van der Waals surface area contributed by atoms with E-state index < -0.39 is 0 Å². The molecule has 0 aromatic carbocycles. The predicted octanol–water partition coefficient (Wildman–Crippen LogP) is 1.22. The summed E-state index contributed by atoms with van der Waals surface area (Å²) in [6.45, 7) is 9.79. The van der Waals surface area contributed by atoms with E-state index >= 15 is 0 Å². The maximum Gasteiger partial charge on any atom is 0.0402 e. The summed E-state index contributed by atoms with van der Waals surface area (Å²) >= 11 is 0. The molecule has 0 aliphatic heterocycles. The molecule has 0 amide bonds. The SMILES string of the molecule is CCO.CCO.CCO.C[CH-]C.[Ti]. The van der Waals surface area contributed by atoms with Gasteiger partial charge < -0.3 is 21.7 Å². The number of hydrogen-bond donors (Lipinski definition) is 3. The van der Waals surface area contributed by atoms with Gasteiger partial charge in [-0.3, -0.25) is 0 Å². The molecule has 0 radical (unpaired) electrons. The first-order valence-corrected chi connectivity index (χ1v) is 4.22. The van der Waals surface area contributed by atoms with Crippen LogP contribution in [0.4, 0.5) is 0 Å². The predicted molar refractivity (Wildman–Crippen MR) is 53.9 cm³/mol. The van der Waals surface area contributed by atoms with Gasteiger partial charge in [0.05, 0.1) is 0 Å². The van der Waals surface area contributed by atoms with E-state index in [9.17, 15) is 0 Å². The Morgan fingerprint density at radius 3 is 0.769 bits per heavy atom. The molecule has 0 saturated heterocycles. The molecule has 0 aromatic rings. The standard InChI is InChI=1S/C3H7.3C2H6O.Ti/c1-3-2;3*1-2-3;/h3H,1-2H3;3*3H,2H2,1H3;/q-1;;;;. The van der Waals surface area contributed by atoms with E-state index in [4.69, 9.17) is 15.3 Å². The summed E-state index contributed by atoms with van der Waals surface area (Å²) < 4.78 is 0. The van der Waals surface area contributed by atoms with Crippen LogP contribution in [-0.2, 0) is 21.7 Å². The molecule has 0 aromatic heterocycles. The van der Waals surface area contributed by atoms with E-state index in [1.807, 2.05) is 20.3 Å². The molecule has 0 unspecified atom stereocenters. The van der Waals surface area contributed by atoms with Crippen molar-refractivity contribution in [3.8, 4) is 0 Å². The van der Waals surface area contributed by atoms with E-state index in [2.05, 4.69) is 0 Å². The molecular weight excluding hydrogens is 204 g/mol. The van der Waals surface area contributed by atoms with Gasteiger partial charge in [-0.25, -0.2) is 0 Å². The van der Waals surface area contributed by atoms with Crippen LogP contribution >= 0.6 is 0 Å². The first-order valence-electron chi connectivity index (χ1n) is 4.22. The van der Waals surface area contributed by atoms with Gasteiger partial charge in [-0.2, -0.15) is 13.8 Å². The van der Waals surface area contributed by atoms with Crippen molar-refractivity contribution in [3.63, 3.8) is 0 Å². The van der Waals surface area contributed by atoms with Crippen LogP contribution in [0, 0.1) is 6.42 Å². The number of aliphatic hydroxyl groups is 3. The molecule has 0 aliphatic carbocycles. The minimum absolute atomic E-state index is 0. The van der Waals surface area contributed by atoms with E-state index in [0.717, 1.165) is 0 Å². The van der Waals surface area contributed by atoms with Crippen molar-refractivity contribution >= 4 is 0 Å². The van der Waals surface area contributed by atoms with Gasteiger partial charge in [0.2, 0.25) is 0 Å². The second kappa shape index (κ2) is 80.2. The molecule has 13 heavy (non-hydrogen) atoms. The summed E-state index contributed by atoms with van der Waals surface area (Å²) in [4.78, 5) is 0. The van der Waals surface area contributed by atoms with Crippen molar-refractivity contribution in [2.24, 2.45) is 0 Å². The zero-order chi connectivity index (χ0) is 10.8. The minimum atomic E-state index is 0. The fourth-order valence-electron chi connectivity index (χ4n) is 0. The quantitative estimate of drug-likeness (QED) is 0.432. The maximum atomic E-state index is 7.57. The average Bonchev–Trinajstić information content (AvgIpc) is 1.92. The van der Waals surface area contributed by atoms with E-state index in [1.165, 1.54) is 0 Å². The van der Waals surface area contributed by atoms with E-state index in [1.54, 1.807) is 20.8 Å². The molecule has 0 fully saturated rings. The van der Waals surface area contributed by atoms with Crippen LogP contribution in [0.2, 0.25) is 0 Å². The second-order valence-corrected chi connectivity index (χ2v) is 1.53. The van der Waals surface area contributed by atoms with Crippen LogP contribution in [0.25, 0.3) is 0 Å². The molecule has 0 saturated carbocycles. The molecule has 3 N–H and O–H groups in total. The van der Waals surface area contributed by atoms with Gasteiger partial charge in [0.15, 0.2) is 0 Å². The Labute approximate surface area is 98.1 Å². The summed E-state index contributed by atoms with van der Waals surface area (Å²) in [5.41, 5.74) is 0. The zero-order valence-corrected chi connectivity index (χ0v) is 11.1. The Balaban J connectivity index is -0.0000000213. The molecule has 84 valence electrons. The summed E-state index contributed by atoms with van der Waals surface area (Å²) in [5, 5.41) is 22.7. The zero-order valence-electron chi connectivity index (χ0n) is 9.54. The van der Waals surface area contributed by atoms with Gasteiger partial charge in [0, 0.05) is 41.5 Å². The van der Waals surface area contributed by atoms with Crippen LogP contribution in [-0.4, -0.2) is 35.1 Å². The van der Waals surface area contributed by atoms with Gasteiger partial charge in [0.1, 0.15) is 0 Å². The average molecular weight is 229 g/mol. The van der Waals surface area contributed by atoms with Gasteiger partial charge in [-0.05, 0) is 20.8 Å². The molecule has 0 spiro atoms. The summed E-state index contributed by atoms with van der Waals surface area (Å²) in [6.07, 6.45) is 2.00. The topological polar surface area (TPSA) is 60.7 Å². The summed E-state index contributed by atoms with van der Waals surface area (Å²) in [6, 6.07) is 0. The number of rotatable bonds is 0. The monoisotopic (exact) mass is 229 g/mol. The maximum absolute atomic E-state index is 7.57. The summed E-state index contributed by atoms with van der Waals surface area (Å²) in [5.74, 6) is 0. The van der Waals surface area contributed by atoms with Crippen molar-refractivity contribution in [1.29, 1.82) is 0 Å². The molecule has 0 atom stereocenters. The smallest absolute Gasteiger partial charge is 0.0402 e. The fourth-order valence-corrected chi connectivity index (χ4v) is 0. The Morgan fingerprint density at radius 1 is 0.769 bits per heavy atom. The van der Waals surface area contributed by atoms with Crippen LogP contribution < -0.4 is 0 Å². The van der Waals surface area contributed by atoms with Crippen molar-refractivity contribution in [2.45, 2.75) is 34.6 Å². The van der Waals surface area contributed by atoms with Crippen molar-refractivity contribution in [3.05, 3.63) is 6.42 Å². The summed E-state index contributed by atoms with van der Waals surface area (Å²) in [7, 11) is 0. The second-order valence-electron chi connectivity index (χ2n) is 1.53. The van der Waals surface area contributed by atoms with Crippen LogP contribution in [0.15, 0.2) is 0 Å². The molecule has 0 aliphatic rings. The van der Waals surface area contributed by atoms with Crippen LogP contribution in [0.1, 0.15) is 34.6 Å². The molecule has 3 nitrogen and oxygen atoms in total. The van der Waals surface area contributed by atoms with Crippen LogP contribution in [0.5, 0.6) is 0 Å². The normalized spacial score (nSPS) is 5.54. The minimum Gasteiger partial charge on any atom is -0.397 e.